The van der Waals surface area contributed by atoms with Gasteiger partial charge in [-0.05, 0) is 30.0 Å². The van der Waals surface area contributed by atoms with E-state index in [1.807, 2.05) is 12.1 Å². The Kier molecular flexibility index (Phi) is 3.89. The molecule has 0 bridgehead atoms. The predicted octanol–water partition coefficient (Wildman–Crippen LogP) is 4.40. The van der Waals surface area contributed by atoms with Gasteiger partial charge in [0.2, 0.25) is 5.95 Å². The van der Waals surface area contributed by atoms with Gasteiger partial charge in [-0.3, -0.25) is 0 Å². The van der Waals surface area contributed by atoms with Gasteiger partial charge in [0.05, 0.1) is 11.1 Å². The predicted molar refractivity (Wildman–Crippen MR) is 83.6 cm³/mol. The molecule has 6 heteroatoms. The first-order valence-electron chi connectivity index (χ1n) is 6.58. The highest BCUT2D eigenvalue weighted by molar-refractivity contribution is 7.10. The minimum absolute atomic E-state index is 0.257. The number of nitrogens with zero attached hydrogens (tertiary/aromatic N) is 3. The largest absolute Gasteiger partial charge is 0.345 e. The number of hydrogen-bond donors (Lipinski definition) is 1. The molecule has 20 heavy (non-hydrogen) atoms. The average Bonchev–Trinajstić information content (AvgIpc) is 3.06. The van der Waals surface area contributed by atoms with E-state index in [0.29, 0.717) is 11.0 Å². The van der Waals surface area contributed by atoms with E-state index in [9.17, 15) is 0 Å². The van der Waals surface area contributed by atoms with Crippen LogP contribution in [0.15, 0.2) is 35.8 Å². The van der Waals surface area contributed by atoms with Gasteiger partial charge < -0.3 is 5.32 Å². The molecule has 0 aliphatic heterocycles. The number of aromatic nitrogens is 3. The van der Waals surface area contributed by atoms with E-state index in [-0.39, 0.29) is 6.04 Å². The summed E-state index contributed by atoms with van der Waals surface area (Å²) < 4.78 is 1.70. The maximum Gasteiger partial charge on any atom is 0.243 e. The van der Waals surface area contributed by atoms with Gasteiger partial charge in [-0.25, -0.2) is 4.52 Å². The van der Waals surface area contributed by atoms with Crippen LogP contribution in [0.1, 0.15) is 30.7 Å². The van der Waals surface area contributed by atoms with Crippen LogP contribution in [-0.2, 0) is 0 Å². The van der Waals surface area contributed by atoms with Gasteiger partial charge in [-0.15, -0.1) is 16.4 Å². The van der Waals surface area contributed by atoms with Gasteiger partial charge >= 0.3 is 0 Å². The third kappa shape index (κ3) is 2.78. The van der Waals surface area contributed by atoms with Crippen LogP contribution < -0.4 is 5.32 Å². The maximum atomic E-state index is 5.96. The Morgan fingerprint density at radius 2 is 2.30 bits per heavy atom. The Balaban J connectivity index is 1.86. The van der Waals surface area contributed by atoms with E-state index in [1.54, 1.807) is 22.0 Å². The summed E-state index contributed by atoms with van der Waals surface area (Å²) in [6.45, 7) is 2.18. The fourth-order valence-electron chi connectivity index (χ4n) is 2.14. The molecule has 0 fully saturated rings. The van der Waals surface area contributed by atoms with Crippen molar-refractivity contribution in [3.05, 3.63) is 45.7 Å². The summed E-state index contributed by atoms with van der Waals surface area (Å²) in [6, 6.07) is 8.15. The van der Waals surface area contributed by atoms with Crippen molar-refractivity contribution < 1.29 is 0 Å². The number of thiophene rings is 1. The van der Waals surface area contributed by atoms with Crippen molar-refractivity contribution in [2.24, 2.45) is 0 Å². The van der Waals surface area contributed by atoms with Crippen LogP contribution in [0, 0.1) is 0 Å². The summed E-state index contributed by atoms with van der Waals surface area (Å²) in [6.07, 6.45) is 3.92. The van der Waals surface area contributed by atoms with E-state index in [2.05, 4.69) is 39.8 Å². The van der Waals surface area contributed by atoms with Crippen LogP contribution in [0.3, 0.4) is 0 Å². The quantitative estimate of drug-likeness (QED) is 0.760. The second-order valence-corrected chi connectivity index (χ2v) is 6.00. The van der Waals surface area contributed by atoms with Crippen LogP contribution in [0.2, 0.25) is 5.02 Å². The highest BCUT2D eigenvalue weighted by Crippen LogP contribution is 2.26. The zero-order valence-electron chi connectivity index (χ0n) is 11.1. The molecule has 0 radical (unpaired) electrons. The van der Waals surface area contributed by atoms with Gasteiger partial charge in [0.25, 0.3) is 0 Å². The normalized spacial score (nSPS) is 12.7. The van der Waals surface area contributed by atoms with Gasteiger partial charge in [0.1, 0.15) is 0 Å². The standard InChI is InChI=1S/C14H15ClN4S/c1-2-4-11(12-5-3-8-20-12)16-14-17-13-7-6-10(15)9-19(13)18-14/h3,5-9,11H,2,4H2,1H3,(H,16,18). The van der Waals surface area contributed by atoms with E-state index in [0.717, 1.165) is 18.5 Å². The van der Waals surface area contributed by atoms with Crippen LogP contribution in [-0.4, -0.2) is 14.6 Å². The SMILES string of the molecule is CCCC(Nc1nc2ccc(Cl)cn2n1)c1cccs1. The highest BCUT2D eigenvalue weighted by atomic mass is 35.5. The molecule has 3 rings (SSSR count). The molecule has 3 aromatic rings. The van der Waals surface area contributed by atoms with Crippen LogP contribution in [0.5, 0.6) is 0 Å². The highest BCUT2D eigenvalue weighted by Gasteiger charge is 2.14. The first kappa shape index (κ1) is 13.4. The van der Waals surface area contributed by atoms with Gasteiger partial charge in [-0.1, -0.05) is 31.0 Å². The molecule has 0 amide bonds. The Morgan fingerprint density at radius 3 is 3.05 bits per heavy atom. The molecular weight excluding hydrogens is 292 g/mol. The molecule has 0 aliphatic carbocycles. The molecule has 3 heterocycles. The number of anilines is 1. The van der Waals surface area contributed by atoms with Crippen molar-refractivity contribution in [1.29, 1.82) is 0 Å². The fourth-order valence-corrected chi connectivity index (χ4v) is 3.11. The Bertz CT molecular complexity index is 692. The first-order valence-corrected chi connectivity index (χ1v) is 7.84. The summed E-state index contributed by atoms with van der Waals surface area (Å²) in [7, 11) is 0. The van der Waals surface area contributed by atoms with Crippen LogP contribution >= 0.6 is 22.9 Å². The maximum absolute atomic E-state index is 5.96. The van der Waals surface area contributed by atoms with Crippen LogP contribution in [0.25, 0.3) is 5.65 Å². The topological polar surface area (TPSA) is 42.2 Å². The van der Waals surface area contributed by atoms with Crippen molar-refractivity contribution in [3.63, 3.8) is 0 Å². The summed E-state index contributed by atoms with van der Waals surface area (Å²) in [5, 5.41) is 10.6. The van der Waals surface area contributed by atoms with Crippen molar-refractivity contribution in [1.82, 2.24) is 14.6 Å². The monoisotopic (exact) mass is 306 g/mol. The Morgan fingerprint density at radius 1 is 1.40 bits per heavy atom. The lowest BCUT2D eigenvalue weighted by atomic mass is 10.1. The molecular formula is C14H15ClN4S. The lowest BCUT2D eigenvalue weighted by molar-refractivity contribution is 0.680. The molecule has 0 aromatic carbocycles. The summed E-state index contributed by atoms with van der Waals surface area (Å²) >= 11 is 7.71. The zero-order chi connectivity index (χ0) is 13.9. The second kappa shape index (κ2) is 5.81. The molecule has 3 aromatic heterocycles. The minimum Gasteiger partial charge on any atom is -0.345 e. The molecule has 1 N–H and O–H groups in total. The number of fused-ring (bicyclic) bond motifs is 1. The number of rotatable bonds is 5. The fraction of sp³-hybridized carbons (Fsp3) is 0.286. The number of nitrogens with one attached hydrogen (secondary N) is 1. The molecule has 4 nitrogen and oxygen atoms in total. The van der Waals surface area contributed by atoms with E-state index >= 15 is 0 Å². The van der Waals surface area contributed by atoms with Gasteiger partial charge in [-0.2, -0.15) is 4.98 Å². The third-order valence-corrected chi connectivity index (χ3v) is 4.27. The molecule has 104 valence electrons. The molecule has 1 atom stereocenters. The molecule has 0 saturated carbocycles. The Labute approximate surface area is 126 Å². The average molecular weight is 307 g/mol. The lowest BCUT2D eigenvalue weighted by Gasteiger charge is -2.14. The number of hydrogen-bond acceptors (Lipinski definition) is 4. The van der Waals surface area contributed by atoms with Crippen molar-refractivity contribution in [3.8, 4) is 0 Å². The number of halogens is 1. The smallest absolute Gasteiger partial charge is 0.243 e. The number of pyridine rings is 1. The van der Waals surface area contributed by atoms with Crippen LogP contribution in [0.4, 0.5) is 5.95 Å². The van der Waals surface area contributed by atoms with Crippen molar-refractivity contribution >= 4 is 34.5 Å². The molecule has 1 unspecified atom stereocenters. The molecule has 0 aliphatic rings. The molecule has 0 spiro atoms. The van der Waals surface area contributed by atoms with Crippen molar-refractivity contribution in [2.75, 3.05) is 5.32 Å². The van der Waals surface area contributed by atoms with E-state index in [1.165, 1.54) is 4.88 Å². The van der Waals surface area contributed by atoms with E-state index in [4.69, 9.17) is 11.6 Å². The van der Waals surface area contributed by atoms with E-state index < -0.39 is 0 Å². The second-order valence-electron chi connectivity index (χ2n) is 4.59. The molecule has 0 saturated heterocycles. The summed E-state index contributed by atoms with van der Waals surface area (Å²) in [5.41, 5.74) is 0.790. The van der Waals surface area contributed by atoms with Gasteiger partial charge in [0.15, 0.2) is 5.65 Å². The summed E-state index contributed by atoms with van der Waals surface area (Å²) in [4.78, 5) is 5.78. The van der Waals surface area contributed by atoms with Crippen molar-refractivity contribution in [2.45, 2.75) is 25.8 Å². The third-order valence-electron chi connectivity index (χ3n) is 3.06. The van der Waals surface area contributed by atoms with Gasteiger partial charge in [0, 0.05) is 11.1 Å². The minimum atomic E-state index is 0.257. The zero-order valence-corrected chi connectivity index (χ0v) is 12.7. The summed E-state index contributed by atoms with van der Waals surface area (Å²) in [5.74, 6) is 0.638. The first-order chi connectivity index (χ1) is 9.76. The Hall–Kier alpha value is -1.59. The lowest BCUT2D eigenvalue weighted by Crippen LogP contribution is -2.10.